The number of Topliss-reactive ketones (excluding diaryl/α,β-unsaturated/α-hetero) is 1. The Morgan fingerprint density at radius 1 is 1.26 bits per heavy atom. The van der Waals surface area contributed by atoms with Crippen molar-refractivity contribution in [2.45, 2.75) is 6.92 Å². The summed E-state index contributed by atoms with van der Waals surface area (Å²) in [6, 6.07) is 4.20. The zero-order valence-corrected chi connectivity index (χ0v) is 10.0. The van der Waals surface area contributed by atoms with Crippen LogP contribution in [0.1, 0.15) is 27.6 Å². The molecule has 0 fully saturated rings. The third kappa shape index (κ3) is 2.18. The van der Waals surface area contributed by atoms with Gasteiger partial charge in [-0.2, -0.15) is 0 Å². The van der Waals surface area contributed by atoms with Crippen LogP contribution in [0.5, 0.6) is 5.75 Å². The lowest BCUT2D eigenvalue weighted by Crippen LogP contribution is -2.16. The Balaban J connectivity index is 2.55. The van der Waals surface area contributed by atoms with Crippen LogP contribution in [0.25, 0.3) is 0 Å². The Labute approximate surface area is 108 Å². The molecule has 5 nitrogen and oxygen atoms in total. The molecule has 1 aliphatic carbocycles. The van der Waals surface area contributed by atoms with Crippen molar-refractivity contribution in [3.8, 4) is 5.75 Å². The summed E-state index contributed by atoms with van der Waals surface area (Å²) >= 11 is 0. The van der Waals surface area contributed by atoms with Crippen molar-refractivity contribution in [3.05, 3.63) is 52.6 Å². The van der Waals surface area contributed by atoms with Gasteiger partial charge in [-0.15, -0.1) is 0 Å². The second-order valence-corrected chi connectivity index (χ2v) is 4.13. The summed E-state index contributed by atoms with van der Waals surface area (Å²) in [5.74, 6) is -2.42. The molecule has 2 N–H and O–H groups in total. The standard InChI is InChI=1S/C14H10O5/c1-7(14(18)19)5-8-6-11(16)12-9(13(8)17)3-2-4-10(12)15/h2-6,15H,1H3,(H,18,19)/b7-5+. The number of benzene rings is 1. The Morgan fingerprint density at radius 2 is 1.95 bits per heavy atom. The van der Waals surface area contributed by atoms with E-state index >= 15 is 0 Å². The van der Waals surface area contributed by atoms with Crippen molar-refractivity contribution in [2.24, 2.45) is 0 Å². The highest BCUT2D eigenvalue weighted by Crippen LogP contribution is 2.29. The van der Waals surface area contributed by atoms with Crippen LogP contribution >= 0.6 is 0 Å². The SMILES string of the molecule is C/C(=C\C1=CC(=O)c2c(O)cccc2C1=O)C(=O)O. The van der Waals surface area contributed by atoms with Crippen LogP contribution in [-0.2, 0) is 4.79 Å². The van der Waals surface area contributed by atoms with E-state index in [1.54, 1.807) is 0 Å². The number of carbonyl (C=O) groups is 3. The van der Waals surface area contributed by atoms with Crippen LogP contribution in [0, 0.1) is 0 Å². The van der Waals surface area contributed by atoms with Gasteiger partial charge in [-0.25, -0.2) is 4.79 Å². The number of aliphatic carboxylic acids is 1. The molecule has 0 atom stereocenters. The van der Waals surface area contributed by atoms with E-state index in [2.05, 4.69) is 0 Å². The quantitative estimate of drug-likeness (QED) is 0.788. The van der Waals surface area contributed by atoms with E-state index < -0.39 is 17.5 Å². The number of ketones is 2. The molecule has 1 aliphatic rings. The summed E-state index contributed by atoms with van der Waals surface area (Å²) in [5, 5.41) is 18.4. The maximum Gasteiger partial charge on any atom is 0.331 e. The fourth-order valence-corrected chi connectivity index (χ4v) is 1.82. The molecule has 1 aromatic rings. The number of carbonyl (C=O) groups excluding carboxylic acids is 2. The van der Waals surface area contributed by atoms with Gasteiger partial charge in [0.25, 0.3) is 0 Å². The van der Waals surface area contributed by atoms with Gasteiger partial charge in [-0.05, 0) is 25.1 Å². The third-order valence-electron chi connectivity index (χ3n) is 2.79. The first-order chi connectivity index (χ1) is 8.91. The Bertz CT molecular complexity index is 664. The Hall–Kier alpha value is -2.69. The summed E-state index contributed by atoms with van der Waals surface area (Å²) in [4.78, 5) is 34.7. The van der Waals surface area contributed by atoms with Crippen molar-refractivity contribution in [2.75, 3.05) is 0 Å². The van der Waals surface area contributed by atoms with Crippen LogP contribution in [0.15, 0.2) is 41.5 Å². The maximum absolute atomic E-state index is 12.1. The van der Waals surface area contributed by atoms with Gasteiger partial charge in [0.2, 0.25) is 0 Å². The number of carboxylic acid groups (broad SMARTS) is 1. The normalized spacial score (nSPS) is 15.0. The number of phenolic OH excluding ortho intramolecular Hbond substituents is 1. The van der Waals surface area contributed by atoms with Crippen LogP contribution < -0.4 is 0 Å². The van der Waals surface area contributed by atoms with E-state index in [1.165, 1.54) is 25.1 Å². The van der Waals surface area contributed by atoms with Crippen LogP contribution in [0.3, 0.4) is 0 Å². The van der Waals surface area contributed by atoms with Gasteiger partial charge in [0.15, 0.2) is 11.6 Å². The molecular formula is C14H10O5. The number of aromatic hydroxyl groups is 1. The number of fused-ring (bicyclic) bond motifs is 1. The third-order valence-corrected chi connectivity index (χ3v) is 2.79. The summed E-state index contributed by atoms with van der Waals surface area (Å²) in [6.45, 7) is 1.33. The molecule has 1 aromatic carbocycles. The van der Waals surface area contributed by atoms with Crippen molar-refractivity contribution in [3.63, 3.8) is 0 Å². The lowest BCUT2D eigenvalue weighted by Gasteiger charge is -2.14. The molecule has 2 rings (SSSR count). The monoisotopic (exact) mass is 258 g/mol. The first kappa shape index (κ1) is 12.8. The van der Waals surface area contributed by atoms with E-state index in [1.807, 2.05) is 0 Å². The van der Waals surface area contributed by atoms with Crippen molar-refractivity contribution in [1.82, 2.24) is 0 Å². The summed E-state index contributed by atoms with van der Waals surface area (Å²) in [5.41, 5.74) is -0.00595. The van der Waals surface area contributed by atoms with Gasteiger partial charge in [-0.3, -0.25) is 9.59 Å². The molecule has 0 aliphatic heterocycles. The average Bonchev–Trinajstić information content (AvgIpc) is 2.35. The van der Waals surface area contributed by atoms with E-state index in [-0.39, 0.29) is 28.0 Å². The van der Waals surface area contributed by atoms with Gasteiger partial charge in [0.05, 0.1) is 5.56 Å². The number of rotatable bonds is 2. The van der Waals surface area contributed by atoms with Crippen LogP contribution in [0.4, 0.5) is 0 Å². The molecule has 0 bridgehead atoms. The van der Waals surface area contributed by atoms with Gasteiger partial charge >= 0.3 is 5.97 Å². The van der Waals surface area contributed by atoms with E-state index in [0.29, 0.717) is 0 Å². The first-order valence-electron chi connectivity index (χ1n) is 5.46. The second kappa shape index (κ2) is 4.53. The van der Waals surface area contributed by atoms with Gasteiger partial charge in [0, 0.05) is 16.7 Å². The molecule has 19 heavy (non-hydrogen) atoms. The Kier molecular flexibility index (Phi) is 3.04. The van der Waals surface area contributed by atoms with Crippen molar-refractivity contribution < 1.29 is 24.6 Å². The number of hydrogen-bond donors (Lipinski definition) is 2. The van der Waals surface area contributed by atoms with Crippen molar-refractivity contribution >= 4 is 17.5 Å². The van der Waals surface area contributed by atoms with Gasteiger partial charge in [0.1, 0.15) is 5.75 Å². The Morgan fingerprint density at radius 3 is 2.58 bits per heavy atom. The minimum absolute atomic E-state index is 0.00278. The molecule has 0 aromatic heterocycles. The van der Waals surface area contributed by atoms with E-state index in [0.717, 1.165) is 12.2 Å². The topological polar surface area (TPSA) is 91.7 Å². The highest BCUT2D eigenvalue weighted by atomic mass is 16.4. The molecule has 0 saturated heterocycles. The highest BCUT2D eigenvalue weighted by molar-refractivity contribution is 6.26. The predicted molar refractivity (Wildman–Crippen MR) is 66.2 cm³/mol. The molecule has 0 radical (unpaired) electrons. The smallest absolute Gasteiger partial charge is 0.331 e. The predicted octanol–water partition coefficient (Wildman–Crippen LogP) is 1.73. The van der Waals surface area contributed by atoms with Crippen LogP contribution in [0.2, 0.25) is 0 Å². The average molecular weight is 258 g/mol. The lowest BCUT2D eigenvalue weighted by molar-refractivity contribution is -0.132. The zero-order valence-electron chi connectivity index (χ0n) is 10.0. The number of allylic oxidation sites excluding steroid dienone is 3. The fourth-order valence-electron chi connectivity index (χ4n) is 1.82. The molecule has 5 heteroatoms. The van der Waals surface area contributed by atoms with Gasteiger partial charge in [-0.1, -0.05) is 12.1 Å². The second-order valence-electron chi connectivity index (χ2n) is 4.13. The molecule has 0 spiro atoms. The molecule has 96 valence electrons. The number of phenols is 1. The zero-order chi connectivity index (χ0) is 14.2. The minimum Gasteiger partial charge on any atom is -0.507 e. The molecular weight excluding hydrogens is 248 g/mol. The maximum atomic E-state index is 12.1. The summed E-state index contributed by atoms with van der Waals surface area (Å²) in [6.07, 6.45) is 2.19. The van der Waals surface area contributed by atoms with Crippen molar-refractivity contribution in [1.29, 1.82) is 0 Å². The largest absolute Gasteiger partial charge is 0.507 e. The highest BCUT2D eigenvalue weighted by Gasteiger charge is 2.27. The first-order valence-corrected chi connectivity index (χ1v) is 5.46. The lowest BCUT2D eigenvalue weighted by atomic mass is 9.88. The number of carboxylic acids is 1. The van der Waals surface area contributed by atoms with E-state index in [4.69, 9.17) is 5.11 Å². The van der Waals surface area contributed by atoms with Gasteiger partial charge < -0.3 is 10.2 Å². The molecule has 0 amide bonds. The molecule has 0 unspecified atom stereocenters. The van der Waals surface area contributed by atoms with Crippen LogP contribution in [-0.4, -0.2) is 27.7 Å². The minimum atomic E-state index is -1.16. The molecule has 0 heterocycles. The number of hydrogen-bond acceptors (Lipinski definition) is 4. The summed E-state index contributed by atoms with van der Waals surface area (Å²) < 4.78 is 0. The fraction of sp³-hybridized carbons (Fsp3) is 0.0714. The van der Waals surface area contributed by atoms with E-state index in [9.17, 15) is 19.5 Å². The molecule has 0 saturated carbocycles. The summed E-state index contributed by atoms with van der Waals surface area (Å²) in [7, 11) is 0.